The van der Waals surface area contributed by atoms with Crippen LogP contribution in [0.15, 0.2) is 76.0 Å². The van der Waals surface area contributed by atoms with Gasteiger partial charge in [-0.3, -0.25) is 27.9 Å². The molecule has 0 amide bonds. The van der Waals surface area contributed by atoms with Crippen molar-refractivity contribution in [3.05, 3.63) is 89.2 Å². The van der Waals surface area contributed by atoms with Gasteiger partial charge in [0.1, 0.15) is 22.9 Å². The Morgan fingerprint density at radius 2 is 0.860 bits per heavy atom. The maximum absolute atomic E-state index is 11.9. The fourth-order valence-corrected chi connectivity index (χ4v) is 3.44. The summed E-state index contributed by atoms with van der Waals surface area (Å²) >= 11 is 0. The van der Waals surface area contributed by atoms with Crippen molar-refractivity contribution in [2.75, 3.05) is 0 Å². The standard InChI is InChI=1S/2C13H14N4O4.Co/c2*1-7-4-5-9(18)8(6-7)14-15-10-11(19)16(2)13(21)17(3)12(10)20;/h2*4-6,18-19H,1-3H3;. The number of phenols is 2. The molecular weight excluding hydrogens is 611 g/mol. The first-order valence-corrected chi connectivity index (χ1v) is 12.1. The number of benzene rings is 2. The van der Waals surface area contributed by atoms with Crippen LogP contribution in [0.1, 0.15) is 11.1 Å². The summed E-state index contributed by atoms with van der Waals surface area (Å²) < 4.78 is 3.38. The Balaban J connectivity index is 0.000000293. The first kappa shape index (κ1) is 33.9. The number of aryl methyl sites for hydroxylation is 2. The molecule has 16 nitrogen and oxygen atoms in total. The van der Waals surface area contributed by atoms with Crippen LogP contribution >= 0.6 is 0 Å². The van der Waals surface area contributed by atoms with Crippen LogP contribution in [-0.4, -0.2) is 38.7 Å². The van der Waals surface area contributed by atoms with E-state index >= 15 is 0 Å². The first-order valence-electron chi connectivity index (χ1n) is 12.1. The largest absolute Gasteiger partial charge is 0.506 e. The third-order valence-electron chi connectivity index (χ3n) is 6.00. The van der Waals surface area contributed by atoms with Crippen molar-refractivity contribution in [2.45, 2.75) is 13.8 Å². The van der Waals surface area contributed by atoms with Gasteiger partial charge in [-0.25, -0.2) is 9.59 Å². The minimum absolute atomic E-state index is 0. The zero-order valence-electron chi connectivity index (χ0n) is 23.8. The minimum atomic E-state index is -0.772. The van der Waals surface area contributed by atoms with Crippen LogP contribution in [0.4, 0.5) is 22.7 Å². The van der Waals surface area contributed by atoms with Crippen molar-refractivity contribution in [3.8, 4) is 23.3 Å². The van der Waals surface area contributed by atoms with Crippen molar-refractivity contribution in [2.24, 2.45) is 48.6 Å². The monoisotopic (exact) mass is 639 g/mol. The molecule has 43 heavy (non-hydrogen) atoms. The zero-order valence-corrected chi connectivity index (χ0v) is 24.8. The van der Waals surface area contributed by atoms with Gasteiger partial charge in [0.2, 0.25) is 23.1 Å². The summed E-state index contributed by atoms with van der Waals surface area (Å²) in [5, 5.41) is 53.8. The van der Waals surface area contributed by atoms with Gasteiger partial charge in [-0.05, 0) is 49.2 Å². The number of phenolic OH excluding ortho intramolecular Hbond substituents is 2. The molecule has 0 aliphatic heterocycles. The van der Waals surface area contributed by atoms with E-state index in [1.807, 2.05) is 0 Å². The second kappa shape index (κ2) is 13.6. The number of azo groups is 2. The van der Waals surface area contributed by atoms with Crippen molar-refractivity contribution >= 4 is 22.7 Å². The summed E-state index contributed by atoms with van der Waals surface area (Å²) in [5.41, 5.74) is -1.63. The van der Waals surface area contributed by atoms with Gasteiger partial charge in [-0.15, -0.1) is 20.5 Å². The van der Waals surface area contributed by atoms with Crippen LogP contribution in [0, 0.1) is 13.8 Å². The number of rotatable bonds is 4. The molecule has 2 aromatic heterocycles. The molecule has 0 saturated carbocycles. The van der Waals surface area contributed by atoms with Crippen LogP contribution < -0.4 is 22.5 Å². The molecule has 1 radical (unpaired) electrons. The van der Waals surface area contributed by atoms with Crippen molar-refractivity contribution in [1.82, 2.24) is 18.3 Å². The van der Waals surface area contributed by atoms with Crippen molar-refractivity contribution < 1.29 is 37.2 Å². The second-order valence-electron chi connectivity index (χ2n) is 9.14. The Labute approximate surface area is 253 Å². The fourth-order valence-electron chi connectivity index (χ4n) is 3.44. The Hall–Kier alpha value is -5.29. The molecule has 4 rings (SSSR count). The van der Waals surface area contributed by atoms with E-state index < -0.39 is 34.3 Å². The van der Waals surface area contributed by atoms with E-state index in [4.69, 9.17) is 0 Å². The first-order chi connectivity index (χ1) is 19.6. The van der Waals surface area contributed by atoms with Gasteiger partial charge in [0.25, 0.3) is 11.1 Å². The molecule has 229 valence electrons. The summed E-state index contributed by atoms with van der Waals surface area (Å²) in [6, 6.07) is 9.42. The van der Waals surface area contributed by atoms with Gasteiger partial charge in [0.05, 0.1) is 0 Å². The molecular formula is C26H28CoN8O8. The van der Waals surface area contributed by atoms with Gasteiger partial charge >= 0.3 is 11.4 Å². The van der Waals surface area contributed by atoms with E-state index in [1.165, 1.54) is 40.3 Å². The molecule has 0 unspecified atom stereocenters. The Kier molecular flexibility index (Phi) is 10.7. The third-order valence-corrected chi connectivity index (χ3v) is 6.00. The van der Waals surface area contributed by atoms with Gasteiger partial charge in [-0.1, -0.05) is 12.1 Å². The van der Waals surface area contributed by atoms with Crippen LogP contribution in [0.3, 0.4) is 0 Å². The van der Waals surface area contributed by atoms with E-state index in [9.17, 15) is 39.6 Å². The molecule has 4 aromatic rings. The van der Waals surface area contributed by atoms with E-state index in [0.717, 1.165) is 29.4 Å². The summed E-state index contributed by atoms with van der Waals surface area (Å²) in [6.45, 7) is 3.61. The average molecular weight is 639 g/mol. The van der Waals surface area contributed by atoms with Crippen LogP contribution in [0.5, 0.6) is 23.3 Å². The van der Waals surface area contributed by atoms with Gasteiger partial charge in [-0.2, -0.15) is 0 Å². The van der Waals surface area contributed by atoms with Gasteiger partial charge in [0.15, 0.2) is 0 Å². The summed E-state index contributed by atoms with van der Waals surface area (Å²) in [7, 11) is 5.15. The molecule has 0 aliphatic rings. The van der Waals surface area contributed by atoms with Crippen LogP contribution in [-0.2, 0) is 45.0 Å². The van der Waals surface area contributed by atoms with Crippen LogP contribution in [0.25, 0.3) is 0 Å². The Morgan fingerprint density at radius 3 is 1.19 bits per heavy atom. The maximum atomic E-state index is 11.9. The molecule has 0 atom stereocenters. The number of hydrogen-bond acceptors (Lipinski definition) is 12. The number of nitrogens with zero attached hydrogens (tertiary/aromatic N) is 8. The summed E-state index contributed by atoms with van der Waals surface area (Å²) in [4.78, 5) is 47.0. The maximum Gasteiger partial charge on any atom is 0.333 e. The number of aromatic hydroxyl groups is 4. The molecule has 2 aromatic carbocycles. The summed E-state index contributed by atoms with van der Waals surface area (Å²) in [5.74, 6) is -1.38. The normalized spacial score (nSPS) is 10.9. The Bertz CT molecular complexity index is 1850. The second-order valence-corrected chi connectivity index (χ2v) is 9.14. The topological polar surface area (TPSA) is 218 Å². The fraction of sp³-hybridized carbons (Fsp3) is 0.231. The smallest absolute Gasteiger partial charge is 0.333 e. The SMILES string of the molecule is Cc1ccc(O)c(N=Nc2c(O)n(C)c(=O)n(C)c2=O)c1.Cc1ccc(O)c(N=Nc2c(O)n(C)c(=O)n(C)c2=O)c1.[Co]. The molecule has 0 spiro atoms. The van der Waals surface area contributed by atoms with Crippen LogP contribution in [0.2, 0.25) is 0 Å². The van der Waals surface area contributed by atoms with Crippen molar-refractivity contribution in [3.63, 3.8) is 0 Å². The molecule has 0 bridgehead atoms. The van der Waals surface area contributed by atoms with Gasteiger partial charge < -0.3 is 20.4 Å². The molecule has 0 aliphatic carbocycles. The molecule has 17 heteroatoms. The summed E-state index contributed by atoms with van der Waals surface area (Å²) in [6.07, 6.45) is 0. The zero-order chi connectivity index (χ0) is 31.5. The van der Waals surface area contributed by atoms with Crippen molar-refractivity contribution in [1.29, 1.82) is 0 Å². The number of aromatic nitrogens is 4. The quantitative estimate of drug-likeness (QED) is 0.243. The Morgan fingerprint density at radius 1 is 0.535 bits per heavy atom. The molecule has 0 fully saturated rings. The van der Waals surface area contributed by atoms with E-state index in [1.54, 1.807) is 38.1 Å². The average Bonchev–Trinajstić information content (AvgIpc) is 2.96. The molecule has 0 saturated heterocycles. The van der Waals surface area contributed by atoms with E-state index in [0.29, 0.717) is 0 Å². The number of hydrogen-bond donors (Lipinski definition) is 4. The van der Waals surface area contributed by atoms with E-state index in [-0.39, 0.29) is 51.0 Å². The molecule has 2 heterocycles. The predicted octanol–water partition coefficient (Wildman–Crippen LogP) is 2.44. The minimum Gasteiger partial charge on any atom is -0.506 e. The van der Waals surface area contributed by atoms with Gasteiger partial charge in [0, 0.05) is 45.0 Å². The predicted molar refractivity (Wildman–Crippen MR) is 151 cm³/mol. The van der Waals surface area contributed by atoms with E-state index in [2.05, 4.69) is 20.5 Å². The molecule has 4 N–H and O–H groups in total. The third kappa shape index (κ3) is 7.14.